The van der Waals surface area contributed by atoms with E-state index in [1.165, 1.54) is 14.0 Å². The van der Waals surface area contributed by atoms with E-state index in [1.807, 2.05) is 36.6 Å². The molecule has 3 aromatic rings. The zero-order valence-corrected chi connectivity index (χ0v) is 15.8. The minimum atomic E-state index is -0.318. The van der Waals surface area contributed by atoms with Gasteiger partial charge in [-0.25, -0.2) is 4.39 Å². The van der Waals surface area contributed by atoms with Crippen molar-refractivity contribution < 1.29 is 19.2 Å². The molecule has 0 radical (unpaired) electrons. The van der Waals surface area contributed by atoms with Gasteiger partial charge in [-0.15, -0.1) is 0 Å². The molecular weight excluding hydrogens is 341 g/mol. The van der Waals surface area contributed by atoms with Crippen LogP contribution < -0.4 is 10.1 Å². The van der Waals surface area contributed by atoms with E-state index in [2.05, 4.69) is 0 Å². The number of ketones is 1. The molecule has 4 heteroatoms. The van der Waals surface area contributed by atoms with Gasteiger partial charge < -0.3 is 10.1 Å². The Hall–Kier alpha value is -2.98. The maximum Gasteiger partial charge on any atom is 0.159 e. The van der Waals surface area contributed by atoms with Gasteiger partial charge in [0.25, 0.3) is 0 Å². The summed E-state index contributed by atoms with van der Waals surface area (Å²) in [6, 6.07) is 18.6. The summed E-state index contributed by atoms with van der Waals surface area (Å²) in [6.07, 6.45) is 0.485. The number of nitrogens with two attached hydrogens (primary N) is 1. The number of hydrogen-bond acceptors (Lipinski definition) is 2. The lowest BCUT2D eigenvalue weighted by Crippen LogP contribution is -2.72. The summed E-state index contributed by atoms with van der Waals surface area (Å²) >= 11 is 0. The van der Waals surface area contributed by atoms with Crippen molar-refractivity contribution in [1.29, 1.82) is 0 Å². The van der Waals surface area contributed by atoms with Crippen molar-refractivity contribution in [2.75, 3.05) is 14.2 Å². The van der Waals surface area contributed by atoms with Gasteiger partial charge >= 0.3 is 0 Å². The molecule has 0 heterocycles. The van der Waals surface area contributed by atoms with E-state index >= 15 is 4.39 Å². The van der Waals surface area contributed by atoms with Crippen LogP contribution in [-0.2, 0) is 6.42 Å². The molecule has 138 valence electrons. The van der Waals surface area contributed by atoms with Crippen LogP contribution in [0.3, 0.4) is 0 Å². The van der Waals surface area contributed by atoms with Gasteiger partial charge in [0.15, 0.2) is 5.78 Å². The number of hydrogen-bond donors (Lipinski definition) is 1. The number of carbonyl (C=O) groups is 1. The number of ether oxygens (including phenoxy) is 1. The van der Waals surface area contributed by atoms with Crippen molar-refractivity contribution in [3.63, 3.8) is 0 Å². The highest BCUT2D eigenvalue weighted by Crippen LogP contribution is 2.35. The molecule has 0 aliphatic carbocycles. The SMILES string of the molecule is C[NH2+]c1ccc(Cc2ccc(OC)c(-c3cccc(C(C)=O)c3)c2F)cc1. The van der Waals surface area contributed by atoms with Crippen molar-refractivity contribution in [3.8, 4) is 16.9 Å². The van der Waals surface area contributed by atoms with Crippen LogP contribution in [0.1, 0.15) is 28.4 Å². The van der Waals surface area contributed by atoms with Crippen LogP contribution in [0.4, 0.5) is 10.1 Å². The summed E-state index contributed by atoms with van der Waals surface area (Å²) in [5.41, 5.74) is 4.33. The second-order valence-electron chi connectivity index (χ2n) is 6.46. The van der Waals surface area contributed by atoms with Crippen LogP contribution in [0.5, 0.6) is 5.75 Å². The van der Waals surface area contributed by atoms with Gasteiger partial charge in [-0.05, 0) is 47.9 Å². The number of quaternary nitrogens is 1. The van der Waals surface area contributed by atoms with Crippen LogP contribution in [0, 0.1) is 5.82 Å². The first-order chi connectivity index (χ1) is 13.0. The lowest BCUT2D eigenvalue weighted by molar-refractivity contribution is -0.539. The topological polar surface area (TPSA) is 42.9 Å². The van der Waals surface area contributed by atoms with Gasteiger partial charge in [0.1, 0.15) is 17.3 Å². The Morgan fingerprint density at radius 1 is 1.07 bits per heavy atom. The zero-order valence-electron chi connectivity index (χ0n) is 15.8. The molecule has 0 spiro atoms. The third kappa shape index (κ3) is 4.07. The second-order valence-corrected chi connectivity index (χ2v) is 6.46. The quantitative estimate of drug-likeness (QED) is 0.528. The minimum Gasteiger partial charge on any atom is -0.496 e. The number of benzene rings is 3. The Balaban J connectivity index is 2.04. The molecule has 0 fully saturated rings. The van der Waals surface area contributed by atoms with Gasteiger partial charge in [-0.1, -0.05) is 36.4 Å². The molecule has 0 aliphatic rings. The van der Waals surface area contributed by atoms with Crippen LogP contribution in [0.25, 0.3) is 11.1 Å². The molecule has 27 heavy (non-hydrogen) atoms. The van der Waals surface area contributed by atoms with E-state index in [1.54, 1.807) is 36.4 Å². The van der Waals surface area contributed by atoms with E-state index < -0.39 is 0 Å². The largest absolute Gasteiger partial charge is 0.496 e. The highest BCUT2D eigenvalue weighted by molar-refractivity contribution is 5.95. The fourth-order valence-electron chi connectivity index (χ4n) is 3.12. The van der Waals surface area contributed by atoms with Crippen molar-refractivity contribution in [2.45, 2.75) is 13.3 Å². The minimum absolute atomic E-state index is 0.0554. The first-order valence-corrected chi connectivity index (χ1v) is 8.88. The van der Waals surface area contributed by atoms with E-state index in [0.29, 0.717) is 34.4 Å². The summed E-state index contributed by atoms with van der Waals surface area (Å²) in [4.78, 5) is 11.7. The third-order valence-electron chi connectivity index (χ3n) is 4.67. The highest BCUT2D eigenvalue weighted by Gasteiger charge is 2.17. The predicted molar refractivity (Wildman–Crippen MR) is 105 cm³/mol. The predicted octanol–water partition coefficient (Wildman–Crippen LogP) is 4.12. The summed E-state index contributed by atoms with van der Waals surface area (Å²) < 4.78 is 20.8. The van der Waals surface area contributed by atoms with Gasteiger partial charge in [0, 0.05) is 12.0 Å². The van der Waals surface area contributed by atoms with E-state index in [-0.39, 0.29) is 11.6 Å². The fraction of sp³-hybridized carbons (Fsp3) is 0.174. The van der Waals surface area contributed by atoms with Gasteiger partial charge in [0.05, 0.1) is 19.7 Å². The summed E-state index contributed by atoms with van der Waals surface area (Å²) in [6.45, 7) is 1.50. The molecule has 0 saturated carbocycles. The van der Waals surface area contributed by atoms with Crippen molar-refractivity contribution in [1.82, 2.24) is 0 Å². The molecule has 0 saturated heterocycles. The molecule has 3 nitrogen and oxygen atoms in total. The van der Waals surface area contributed by atoms with E-state index in [4.69, 9.17) is 4.74 Å². The number of methoxy groups -OCH3 is 1. The summed E-state index contributed by atoms with van der Waals surface area (Å²) in [7, 11) is 3.51. The highest BCUT2D eigenvalue weighted by atomic mass is 19.1. The third-order valence-corrected chi connectivity index (χ3v) is 4.67. The lowest BCUT2D eigenvalue weighted by atomic mass is 9.95. The average Bonchev–Trinajstić information content (AvgIpc) is 2.70. The molecule has 0 aliphatic heterocycles. The lowest BCUT2D eigenvalue weighted by Gasteiger charge is -2.14. The molecular formula is C23H23FNO2+. The molecule has 0 amide bonds. The van der Waals surface area contributed by atoms with Crippen LogP contribution in [0.15, 0.2) is 60.7 Å². The smallest absolute Gasteiger partial charge is 0.159 e. The molecule has 0 unspecified atom stereocenters. The number of halogens is 1. The summed E-state index contributed by atoms with van der Waals surface area (Å²) in [5, 5.41) is 2.03. The van der Waals surface area contributed by atoms with Crippen LogP contribution >= 0.6 is 0 Å². The maximum absolute atomic E-state index is 15.4. The van der Waals surface area contributed by atoms with Gasteiger partial charge in [-0.2, -0.15) is 0 Å². The van der Waals surface area contributed by atoms with E-state index in [0.717, 1.165) is 11.3 Å². The maximum atomic E-state index is 15.4. The molecule has 2 N–H and O–H groups in total. The second kappa shape index (κ2) is 8.14. The van der Waals surface area contributed by atoms with Gasteiger partial charge in [0.2, 0.25) is 0 Å². The Labute approximate surface area is 158 Å². The Kier molecular flexibility index (Phi) is 5.67. The fourth-order valence-corrected chi connectivity index (χ4v) is 3.12. The molecule has 3 aromatic carbocycles. The first kappa shape index (κ1) is 18.8. The molecule has 0 bridgehead atoms. The van der Waals surface area contributed by atoms with Crippen LogP contribution in [-0.4, -0.2) is 19.9 Å². The van der Waals surface area contributed by atoms with Gasteiger partial charge in [-0.3, -0.25) is 4.79 Å². The normalized spacial score (nSPS) is 10.7. The van der Waals surface area contributed by atoms with E-state index in [9.17, 15) is 4.79 Å². The Bertz CT molecular complexity index is 965. The van der Waals surface area contributed by atoms with Crippen molar-refractivity contribution >= 4 is 11.5 Å². The number of carbonyl (C=O) groups excluding carboxylic acids is 1. The number of rotatable bonds is 6. The number of Topliss-reactive ketones (excluding diaryl/α,β-unsaturated/α-hetero) is 1. The summed E-state index contributed by atoms with van der Waals surface area (Å²) in [5.74, 6) is 0.0780. The monoisotopic (exact) mass is 364 g/mol. The van der Waals surface area contributed by atoms with Crippen molar-refractivity contribution in [3.05, 3.63) is 83.2 Å². The first-order valence-electron chi connectivity index (χ1n) is 8.88. The average molecular weight is 364 g/mol. The Morgan fingerprint density at radius 3 is 2.44 bits per heavy atom. The Morgan fingerprint density at radius 2 is 1.81 bits per heavy atom. The molecule has 0 aromatic heterocycles. The molecule has 3 rings (SSSR count). The standard InChI is InChI=1S/C23H22FNO2/c1-15(26)17-5-4-6-18(14-17)22-21(27-3)12-9-19(23(22)24)13-16-7-10-20(25-2)11-8-16/h4-12,14,25H,13H2,1-3H3/p+1. The van der Waals surface area contributed by atoms with Crippen LogP contribution in [0.2, 0.25) is 0 Å². The zero-order chi connectivity index (χ0) is 19.4. The van der Waals surface area contributed by atoms with Crippen molar-refractivity contribution in [2.24, 2.45) is 0 Å². The molecule has 0 atom stereocenters.